The lowest BCUT2D eigenvalue weighted by Gasteiger charge is -2.04. The molecule has 2 rings (SSSR count). The van der Waals surface area contributed by atoms with Gasteiger partial charge in [0.15, 0.2) is 0 Å². The van der Waals surface area contributed by atoms with E-state index in [1.165, 1.54) is 80.9 Å². The van der Waals surface area contributed by atoms with Crippen LogP contribution in [0.5, 0.6) is 0 Å². The van der Waals surface area contributed by atoms with Crippen molar-refractivity contribution in [2.24, 2.45) is 0 Å². The fraction of sp³-hybridized carbons (Fsp3) is 0.478. The second kappa shape index (κ2) is 11.0. The van der Waals surface area contributed by atoms with Crippen molar-refractivity contribution >= 4 is 0 Å². The Balaban J connectivity index is 1.39. The molecule has 0 heterocycles. The van der Waals surface area contributed by atoms with Crippen molar-refractivity contribution in [2.45, 2.75) is 71.1 Å². The largest absolute Gasteiger partial charge is 0.0622 e. The molecule has 2 aromatic rings. The van der Waals surface area contributed by atoms with Gasteiger partial charge in [-0.2, -0.15) is 0 Å². The van der Waals surface area contributed by atoms with E-state index in [0.29, 0.717) is 0 Å². The fourth-order valence-corrected chi connectivity index (χ4v) is 3.12. The Morgan fingerprint density at radius 3 is 1.43 bits per heavy atom. The van der Waals surface area contributed by atoms with Gasteiger partial charge < -0.3 is 0 Å². The Morgan fingerprint density at radius 2 is 0.913 bits per heavy atom. The molecule has 0 atom stereocenters. The first-order valence-corrected chi connectivity index (χ1v) is 9.44. The Morgan fingerprint density at radius 1 is 0.478 bits per heavy atom. The third-order valence-electron chi connectivity index (χ3n) is 4.64. The molecular formula is C23H32. The molecule has 0 spiro atoms. The molecule has 0 radical (unpaired) electrons. The van der Waals surface area contributed by atoms with Gasteiger partial charge in [0, 0.05) is 0 Å². The number of aryl methyl sites for hydroxylation is 3. The van der Waals surface area contributed by atoms with Gasteiger partial charge in [0.2, 0.25) is 0 Å². The normalized spacial score (nSPS) is 10.8. The lowest BCUT2D eigenvalue weighted by molar-refractivity contribution is 0.567. The predicted octanol–water partition coefficient (Wildman–Crippen LogP) is 6.90. The van der Waals surface area contributed by atoms with Gasteiger partial charge in [-0.1, -0.05) is 98.7 Å². The highest BCUT2D eigenvalue weighted by Crippen LogP contribution is 2.13. The van der Waals surface area contributed by atoms with Crippen LogP contribution in [-0.2, 0) is 12.8 Å². The van der Waals surface area contributed by atoms with E-state index < -0.39 is 0 Å². The number of hydrogen-bond acceptors (Lipinski definition) is 0. The van der Waals surface area contributed by atoms with Crippen LogP contribution >= 0.6 is 0 Å². The van der Waals surface area contributed by atoms with E-state index in [1.54, 1.807) is 0 Å². The lowest BCUT2D eigenvalue weighted by atomic mass is 10.0. The molecule has 0 fully saturated rings. The van der Waals surface area contributed by atoms with Gasteiger partial charge in [-0.3, -0.25) is 0 Å². The van der Waals surface area contributed by atoms with Gasteiger partial charge in [-0.25, -0.2) is 0 Å². The summed E-state index contributed by atoms with van der Waals surface area (Å²) in [5.74, 6) is 0. The number of rotatable bonds is 11. The van der Waals surface area contributed by atoms with Crippen molar-refractivity contribution in [3.05, 3.63) is 71.3 Å². The van der Waals surface area contributed by atoms with E-state index in [4.69, 9.17) is 0 Å². The van der Waals surface area contributed by atoms with Gasteiger partial charge in [0.25, 0.3) is 0 Å². The molecule has 0 aliphatic heterocycles. The van der Waals surface area contributed by atoms with Crippen molar-refractivity contribution < 1.29 is 0 Å². The molecule has 0 nitrogen and oxygen atoms in total. The summed E-state index contributed by atoms with van der Waals surface area (Å²) in [7, 11) is 0. The van der Waals surface area contributed by atoms with Crippen LogP contribution in [0.2, 0.25) is 0 Å². The second-order valence-corrected chi connectivity index (χ2v) is 6.80. The van der Waals surface area contributed by atoms with Gasteiger partial charge in [-0.15, -0.1) is 0 Å². The third kappa shape index (κ3) is 8.02. The molecule has 0 unspecified atom stereocenters. The van der Waals surface area contributed by atoms with Crippen LogP contribution in [0.3, 0.4) is 0 Å². The van der Waals surface area contributed by atoms with Crippen LogP contribution in [0.1, 0.15) is 68.1 Å². The summed E-state index contributed by atoms with van der Waals surface area (Å²) < 4.78 is 0. The Kier molecular flexibility index (Phi) is 8.55. The molecule has 0 aromatic heterocycles. The van der Waals surface area contributed by atoms with Gasteiger partial charge >= 0.3 is 0 Å². The standard InChI is InChI=1S/C23H32/c1-21-17-19-23(20-18-21)16-10-7-5-3-2-4-6-9-13-22-14-11-8-12-15-22/h8,11-12,14-15,17-20H,2-7,9-10,13,16H2,1H3. The molecule has 0 aliphatic rings. The van der Waals surface area contributed by atoms with E-state index in [2.05, 4.69) is 61.5 Å². The maximum absolute atomic E-state index is 2.28. The quantitative estimate of drug-likeness (QED) is 0.396. The molecule has 0 bridgehead atoms. The molecule has 0 aliphatic carbocycles. The van der Waals surface area contributed by atoms with E-state index in [9.17, 15) is 0 Å². The van der Waals surface area contributed by atoms with Gasteiger partial charge in [0.05, 0.1) is 0 Å². The maximum atomic E-state index is 2.28. The van der Waals surface area contributed by atoms with Crippen molar-refractivity contribution in [3.8, 4) is 0 Å². The molecule has 0 saturated carbocycles. The van der Waals surface area contributed by atoms with E-state index in [-0.39, 0.29) is 0 Å². The summed E-state index contributed by atoms with van der Waals surface area (Å²) in [6.45, 7) is 2.16. The van der Waals surface area contributed by atoms with Gasteiger partial charge in [-0.05, 0) is 43.7 Å². The summed E-state index contributed by atoms with van der Waals surface area (Å²) in [5.41, 5.74) is 4.35. The molecule has 2 aromatic carbocycles. The number of hydrogen-bond donors (Lipinski definition) is 0. The first-order chi connectivity index (χ1) is 11.3. The molecule has 0 saturated heterocycles. The van der Waals surface area contributed by atoms with Gasteiger partial charge in [0.1, 0.15) is 0 Å². The monoisotopic (exact) mass is 308 g/mol. The zero-order valence-electron chi connectivity index (χ0n) is 14.8. The highest BCUT2D eigenvalue weighted by molar-refractivity contribution is 5.21. The number of unbranched alkanes of at least 4 members (excludes halogenated alkanes) is 7. The van der Waals surface area contributed by atoms with Crippen LogP contribution in [0, 0.1) is 6.92 Å². The first-order valence-electron chi connectivity index (χ1n) is 9.44. The first kappa shape index (κ1) is 17.8. The molecule has 0 N–H and O–H groups in total. The zero-order chi connectivity index (χ0) is 16.2. The average molecular weight is 309 g/mol. The minimum Gasteiger partial charge on any atom is -0.0622 e. The maximum Gasteiger partial charge on any atom is -0.0279 e. The van der Waals surface area contributed by atoms with Crippen molar-refractivity contribution in [1.29, 1.82) is 0 Å². The Labute approximate surface area is 143 Å². The summed E-state index contributed by atoms with van der Waals surface area (Å²) in [6, 6.07) is 19.9. The highest BCUT2D eigenvalue weighted by Gasteiger charge is 1.96. The SMILES string of the molecule is Cc1ccc(CCCCCCCCCCc2ccccc2)cc1. The van der Waals surface area contributed by atoms with Crippen LogP contribution < -0.4 is 0 Å². The Hall–Kier alpha value is -1.56. The summed E-state index contributed by atoms with van der Waals surface area (Å²) >= 11 is 0. The number of benzene rings is 2. The van der Waals surface area contributed by atoms with Crippen LogP contribution in [0.4, 0.5) is 0 Å². The minimum absolute atomic E-state index is 1.25. The van der Waals surface area contributed by atoms with Crippen molar-refractivity contribution in [2.75, 3.05) is 0 Å². The van der Waals surface area contributed by atoms with E-state index in [0.717, 1.165) is 0 Å². The summed E-state index contributed by atoms with van der Waals surface area (Å²) in [4.78, 5) is 0. The average Bonchev–Trinajstić information content (AvgIpc) is 2.59. The molecular weight excluding hydrogens is 276 g/mol. The predicted molar refractivity (Wildman–Crippen MR) is 102 cm³/mol. The zero-order valence-corrected chi connectivity index (χ0v) is 14.8. The molecule has 124 valence electrons. The van der Waals surface area contributed by atoms with Crippen LogP contribution in [-0.4, -0.2) is 0 Å². The van der Waals surface area contributed by atoms with E-state index >= 15 is 0 Å². The third-order valence-corrected chi connectivity index (χ3v) is 4.64. The lowest BCUT2D eigenvalue weighted by Crippen LogP contribution is -1.87. The smallest absolute Gasteiger partial charge is 0.0279 e. The fourth-order valence-electron chi connectivity index (χ4n) is 3.12. The molecule has 0 heteroatoms. The summed E-state index contributed by atoms with van der Waals surface area (Å²) in [6.07, 6.45) is 13.6. The Bertz CT molecular complexity index is 509. The van der Waals surface area contributed by atoms with Crippen LogP contribution in [0.25, 0.3) is 0 Å². The van der Waals surface area contributed by atoms with E-state index in [1.807, 2.05) is 0 Å². The second-order valence-electron chi connectivity index (χ2n) is 6.80. The van der Waals surface area contributed by atoms with Crippen molar-refractivity contribution in [1.82, 2.24) is 0 Å². The molecule has 0 amide bonds. The summed E-state index contributed by atoms with van der Waals surface area (Å²) in [5, 5.41) is 0. The van der Waals surface area contributed by atoms with Crippen molar-refractivity contribution in [3.63, 3.8) is 0 Å². The topological polar surface area (TPSA) is 0 Å². The highest BCUT2D eigenvalue weighted by atomic mass is 14.0. The minimum atomic E-state index is 1.25. The molecule has 23 heavy (non-hydrogen) atoms. The van der Waals surface area contributed by atoms with Crippen LogP contribution in [0.15, 0.2) is 54.6 Å².